The smallest absolute Gasteiger partial charge is 0.326 e. The largest absolute Gasteiger partial charge is 0.480 e. The van der Waals surface area contributed by atoms with Crippen LogP contribution in [0.1, 0.15) is 60.4 Å². The average molecular weight is 367 g/mol. The van der Waals surface area contributed by atoms with Gasteiger partial charge in [-0.05, 0) is 63.1 Å². The summed E-state index contributed by atoms with van der Waals surface area (Å²) in [6, 6.07) is 7.44. The van der Waals surface area contributed by atoms with E-state index in [4.69, 9.17) is 0 Å². The Morgan fingerprint density at radius 2 is 1.96 bits per heavy atom. The lowest BCUT2D eigenvalue weighted by Gasteiger charge is -2.26. The molecule has 142 valence electrons. The summed E-state index contributed by atoms with van der Waals surface area (Å²) in [6.07, 6.45) is 5.42. The van der Waals surface area contributed by atoms with E-state index < -0.39 is 12.0 Å². The van der Waals surface area contributed by atoms with E-state index in [9.17, 15) is 14.7 Å². The topological polar surface area (TPSA) is 75.4 Å². The summed E-state index contributed by atoms with van der Waals surface area (Å²) < 4.78 is 1.88. The number of carbonyl (C=O) groups excluding carboxylic acids is 1. The maximum Gasteiger partial charge on any atom is 0.326 e. The van der Waals surface area contributed by atoms with Crippen LogP contribution in [0.15, 0.2) is 24.3 Å². The Hall–Kier alpha value is -2.63. The van der Waals surface area contributed by atoms with Gasteiger partial charge in [-0.25, -0.2) is 9.48 Å². The molecule has 1 unspecified atom stereocenters. The van der Waals surface area contributed by atoms with Crippen molar-refractivity contribution in [2.24, 2.45) is 0 Å². The monoisotopic (exact) mass is 367 g/mol. The Kier molecular flexibility index (Phi) is 4.50. The van der Waals surface area contributed by atoms with E-state index >= 15 is 0 Å². The van der Waals surface area contributed by atoms with Crippen molar-refractivity contribution in [1.29, 1.82) is 0 Å². The lowest BCUT2D eigenvalue weighted by molar-refractivity contribution is -0.141. The van der Waals surface area contributed by atoms with Crippen LogP contribution in [0.25, 0.3) is 5.69 Å². The first kappa shape index (κ1) is 17.8. The number of aromatic nitrogens is 2. The standard InChI is InChI=1S/C21H25N3O3/c1-3-14-7-9-16(10-8-14)24-18-6-4-5-17(18)19(22-24)20(25)23(15-11-12-15)13(2)21(26)27/h7-10,13,15H,3-6,11-12H2,1-2H3,(H,26,27). The first-order valence-corrected chi connectivity index (χ1v) is 9.76. The number of aryl methyl sites for hydroxylation is 1. The van der Waals surface area contributed by atoms with Gasteiger partial charge < -0.3 is 10.0 Å². The van der Waals surface area contributed by atoms with E-state index in [1.165, 1.54) is 10.5 Å². The second kappa shape index (κ2) is 6.83. The van der Waals surface area contributed by atoms with Gasteiger partial charge in [0, 0.05) is 17.3 Å². The number of aliphatic carboxylic acids is 1. The van der Waals surface area contributed by atoms with Gasteiger partial charge in [0.25, 0.3) is 5.91 Å². The number of amides is 1. The fraction of sp³-hybridized carbons (Fsp3) is 0.476. The van der Waals surface area contributed by atoms with Crippen molar-refractivity contribution < 1.29 is 14.7 Å². The van der Waals surface area contributed by atoms with Gasteiger partial charge in [-0.3, -0.25) is 4.79 Å². The van der Waals surface area contributed by atoms with Gasteiger partial charge in [0.2, 0.25) is 0 Å². The van der Waals surface area contributed by atoms with Crippen LogP contribution in [0.2, 0.25) is 0 Å². The Balaban J connectivity index is 1.73. The summed E-state index contributed by atoms with van der Waals surface area (Å²) in [7, 11) is 0. The SMILES string of the molecule is CCc1ccc(-n2nc(C(=O)N(C3CC3)C(C)C(=O)O)c3c2CCC3)cc1. The number of hydrogen-bond acceptors (Lipinski definition) is 3. The quantitative estimate of drug-likeness (QED) is 0.852. The molecule has 6 heteroatoms. The summed E-state index contributed by atoms with van der Waals surface area (Å²) in [6.45, 7) is 3.70. The predicted molar refractivity (Wildman–Crippen MR) is 101 cm³/mol. The van der Waals surface area contributed by atoms with E-state index in [0.717, 1.165) is 55.5 Å². The van der Waals surface area contributed by atoms with Crippen LogP contribution in [-0.2, 0) is 24.1 Å². The molecule has 0 saturated heterocycles. The summed E-state index contributed by atoms with van der Waals surface area (Å²) in [5.74, 6) is -1.21. The minimum Gasteiger partial charge on any atom is -0.480 e. The molecule has 1 aromatic carbocycles. The highest BCUT2D eigenvalue weighted by Gasteiger charge is 2.41. The van der Waals surface area contributed by atoms with Crippen molar-refractivity contribution in [2.45, 2.75) is 64.5 Å². The van der Waals surface area contributed by atoms with Crippen molar-refractivity contribution in [3.8, 4) is 5.69 Å². The summed E-state index contributed by atoms with van der Waals surface area (Å²) in [5, 5.41) is 14.1. The van der Waals surface area contributed by atoms with E-state index in [0.29, 0.717) is 5.69 Å². The second-order valence-corrected chi connectivity index (χ2v) is 7.52. The van der Waals surface area contributed by atoms with Crippen LogP contribution in [0.4, 0.5) is 0 Å². The van der Waals surface area contributed by atoms with Gasteiger partial charge in [-0.1, -0.05) is 19.1 Å². The molecule has 0 radical (unpaired) electrons. The number of benzene rings is 1. The number of carbonyl (C=O) groups is 2. The number of hydrogen-bond donors (Lipinski definition) is 1. The number of carboxylic acids is 1. The van der Waals surface area contributed by atoms with Crippen LogP contribution in [0.3, 0.4) is 0 Å². The van der Waals surface area contributed by atoms with Gasteiger partial charge in [0.1, 0.15) is 6.04 Å². The number of fused-ring (bicyclic) bond motifs is 1. The zero-order valence-electron chi connectivity index (χ0n) is 15.8. The molecular weight excluding hydrogens is 342 g/mol. The van der Waals surface area contributed by atoms with Crippen molar-refractivity contribution in [1.82, 2.24) is 14.7 Å². The van der Waals surface area contributed by atoms with E-state index in [-0.39, 0.29) is 11.9 Å². The molecular formula is C21H25N3O3. The maximum absolute atomic E-state index is 13.3. The van der Waals surface area contributed by atoms with Gasteiger partial charge in [0.05, 0.1) is 5.69 Å². The lowest BCUT2D eigenvalue weighted by atomic mass is 10.1. The van der Waals surface area contributed by atoms with Crippen molar-refractivity contribution in [3.05, 3.63) is 46.8 Å². The summed E-state index contributed by atoms with van der Waals surface area (Å²) >= 11 is 0. The Bertz CT molecular complexity index is 881. The minimum absolute atomic E-state index is 0.0228. The highest BCUT2D eigenvalue weighted by molar-refractivity contribution is 5.97. The van der Waals surface area contributed by atoms with Gasteiger partial charge >= 0.3 is 5.97 Å². The molecule has 4 rings (SSSR count). The summed E-state index contributed by atoms with van der Waals surface area (Å²) in [4.78, 5) is 26.3. The normalized spacial score (nSPS) is 16.8. The lowest BCUT2D eigenvalue weighted by Crippen LogP contribution is -2.45. The van der Waals surface area contributed by atoms with Gasteiger partial charge in [-0.2, -0.15) is 5.10 Å². The maximum atomic E-state index is 13.3. The predicted octanol–water partition coefficient (Wildman–Crippen LogP) is 3.00. The Morgan fingerprint density at radius 1 is 1.26 bits per heavy atom. The molecule has 1 fully saturated rings. The Labute approximate surface area is 158 Å². The van der Waals surface area contributed by atoms with E-state index in [1.54, 1.807) is 6.92 Å². The number of nitrogens with zero attached hydrogens (tertiary/aromatic N) is 3. The van der Waals surface area contributed by atoms with Crippen LogP contribution in [0, 0.1) is 0 Å². The van der Waals surface area contributed by atoms with Gasteiger partial charge in [0.15, 0.2) is 5.69 Å². The van der Waals surface area contributed by atoms with Crippen LogP contribution in [0.5, 0.6) is 0 Å². The molecule has 2 aliphatic carbocycles. The molecule has 27 heavy (non-hydrogen) atoms. The third-order valence-corrected chi connectivity index (χ3v) is 5.67. The van der Waals surface area contributed by atoms with Crippen molar-refractivity contribution >= 4 is 11.9 Å². The molecule has 2 aromatic rings. The van der Waals surface area contributed by atoms with Crippen LogP contribution in [-0.4, -0.2) is 43.7 Å². The second-order valence-electron chi connectivity index (χ2n) is 7.52. The van der Waals surface area contributed by atoms with Crippen LogP contribution < -0.4 is 0 Å². The molecule has 1 heterocycles. The third kappa shape index (κ3) is 3.13. The van der Waals surface area contributed by atoms with E-state index in [1.807, 2.05) is 16.8 Å². The van der Waals surface area contributed by atoms with Crippen LogP contribution >= 0.6 is 0 Å². The molecule has 6 nitrogen and oxygen atoms in total. The summed E-state index contributed by atoms with van der Waals surface area (Å²) in [5.41, 5.74) is 4.72. The zero-order chi connectivity index (χ0) is 19.1. The fourth-order valence-corrected chi connectivity index (χ4v) is 3.95. The molecule has 1 atom stereocenters. The molecule has 1 saturated carbocycles. The molecule has 1 amide bonds. The molecule has 0 bridgehead atoms. The average Bonchev–Trinajstić information content (AvgIpc) is 3.26. The first-order valence-electron chi connectivity index (χ1n) is 9.76. The molecule has 0 aliphatic heterocycles. The minimum atomic E-state index is -0.971. The van der Waals surface area contributed by atoms with Crippen molar-refractivity contribution in [2.75, 3.05) is 0 Å². The third-order valence-electron chi connectivity index (χ3n) is 5.67. The fourth-order valence-electron chi connectivity index (χ4n) is 3.95. The highest BCUT2D eigenvalue weighted by atomic mass is 16.4. The van der Waals surface area contributed by atoms with Crippen molar-refractivity contribution in [3.63, 3.8) is 0 Å². The highest BCUT2D eigenvalue weighted by Crippen LogP contribution is 2.33. The number of rotatable bonds is 6. The van der Waals surface area contributed by atoms with E-state index in [2.05, 4.69) is 24.2 Å². The molecule has 0 spiro atoms. The number of carboxylic acid groups (broad SMARTS) is 1. The molecule has 2 aliphatic rings. The zero-order valence-corrected chi connectivity index (χ0v) is 15.8. The first-order chi connectivity index (χ1) is 13.0. The Morgan fingerprint density at radius 3 is 2.56 bits per heavy atom. The van der Waals surface area contributed by atoms with Gasteiger partial charge in [-0.15, -0.1) is 0 Å². The molecule has 1 aromatic heterocycles. The molecule has 1 N–H and O–H groups in total.